The summed E-state index contributed by atoms with van der Waals surface area (Å²) in [7, 11) is -2.99. The fourth-order valence-corrected chi connectivity index (χ4v) is 3.07. The molecule has 0 aromatic carbocycles. The molecule has 0 fully saturated rings. The van der Waals surface area contributed by atoms with Crippen LogP contribution in [0.3, 0.4) is 0 Å². The Bertz CT molecular complexity index is 257. The van der Waals surface area contributed by atoms with Gasteiger partial charge < -0.3 is 0 Å². The molecule has 0 heterocycles. The first kappa shape index (κ1) is 14.0. The van der Waals surface area contributed by atoms with E-state index in [-0.39, 0.29) is 23.0 Å². The van der Waals surface area contributed by atoms with Crippen LogP contribution in [-0.2, 0) is 14.6 Å². The number of carbonyl (C=O) groups excluding carboxylic acids is 1. The van der Waals surface area contributed by atoms with Gasteiger partial charge in [-0.1, -0.05) is 25.6 Å². The van der Waals surface area contributed by atoms with Crippen LogP contribution in [0.25, 0.3) is 0 Å². The Kier molecular flexibility index (Phi) is 7.27. The predicted octanol–water partition coefficient (Wildman–Crippen LogP) is 1.87. The van der Waals surface area contributed by atoms with Crippen molar-refractivity contribution in [2.75, 3.05) is 17.3 Å². The summed E-state index contributed by atoms with van der Waals surface area (Å²) in [5.41, 5.74) is 0. The van der Waals surface area contributed by atoms with Crippen LogP contribution in [0.5, 0.6) is 0 Å². The fraction of sp³-hybridized carbons (Fsp3) is 0.889. The first-order valence-electron chi connectivity index (χ1n) is 4.88. The first-order chi connectivity index (χ1) is 6.52. The van der Waals surface area contributed by atoms with Crippen molar-refractivity contribution in [2.45, 2.75) is 33.1 Å². The van der Waals surface area contributed by atoms with Crippen molar-refractivity contribution in [1.82, 2.24) is 0 Å². The Labute approximate surface area is 90.6 Å². The van der Waals surface area contributed by atoms with Gasteiger partial charge in [-0.3, -0.25) is 4.79 Å². The van der Waals surface area contributed by atoms with Crippen molar-refractivity contribution in [3.63, 3.8) is 0 Å². The topological polar surface area (TPSA) is 51.2 Å². The second kappa shape index (κ2) is 7.29. The SMILES string of the molecule is CCCSC(=O)CCS(=O)(=O)CCC. The van der Waals surface area contributed by atoms with Crippen molar-refractivity contribution in [2.24, 2.45) is 0 Å². The van der Waals surface area contributed by atoms with Crippen LogP contribution >= 0.6 is 11.8 Å². The molecule has 0 saturated heterocycles. The van der Waals surface area contributed by atoms with E-state index in [0.29, 0.717) is 6.42 Å². The summed E-state index contributed by atoms with van der Waals surface area (Å²) in [6, 6.07) is 0. The molecule has 0 rings (SSSR count). The zero-order valence-corrected chi connectivity index (χ0v) is 10.4. The van der Waals surface area contributed by atoms with Crippen LogP contribution in [0.4, 0.5) is 0 Å². The highest BCUT2D eigenvalue weighted by molar-refractivity contribution is 8.13. The van der Waals surface area contributed by atoms with Gasteiger partial charge >= 0.3 is 0 Å². The van der Waals surface area contributed by atoms with Gasteiger partial charge in [-0.2, -0.15) is 0 Å². The quantitative estimate of drug-likeness (QED) is 0.679. The molecular weight excluding hydrogens is 220 g/mol. The van der Waals surface area contributed by atoms with E-state index in [1.165, 1.54) is 11.8 Å². The Morgan fingerprint density at radius 1 is 1.14 bits per heavy atom. The highest BCUT2D eigenvalue weighted by atomic mass is 32.2. The third kappa shape index (κ3) is 7.38. The molecule has 5 heteroatoms. The molecule has 3 nitrogen and oxygen atoms in total. The lowest BCUT2D eigenvalue weighted by Crippen LogP contribution is -2.13. The summed E-state index contributed by atoms with van der Waals surface area (Å²) in [6.45, 7) is 3.82. The number of sulfone groups is 1. The second-order valence-electron chi connectivity index (χ2n) is 3.12. The normalized spacial score (nSPS) is 11.6. The summed E-state index contributed by atoms with van der Waals surface area (Å²) in [4.78, 5) is 11.2. The average Bonchev–Trinajstić information content (AvgIpc) is 2.11. The van der Waals surface area contributed by atoms with E-state index in [2.05, 4.69) is 0 Å². The lowest BCUT2D eigenvalue weighted by molar-refractivity contribution is -0.110. The van der Waals surface area contributed by atoms with Crippen LogP contribution in [0, 0.1) is 0 Å². The van der Waals surface area contributed by atoms with Crippen LogP contribution in [0.15, 0.2) is 0 Å². The Morgan fingerprint density at radius 3 is 2.29 bits per heavy atom. The molecule has 0 saturated carbocycles. The van der Waals surface area contributed by atoms with E-state index in [0.717, 1.165) is 12.2 Å². The lowest BCUT2D eigenvalue weighted by Gasteiger charge is -2.01. The maximum Gasteiger partial charge on any atom is 0.189 e. The molecular formula is C9H18O3S2. The lowest BCUT2D eigenvalue weighted by atomic mass is 10.5. The van der Waals surface area contributed by atoms with E-state index < -0.39 is 9.84 Å². The number of hydrogen-bond donors (Lipinski definition) is 0. The van der Waals surface area contributed by atoms with E-state index >= 15 is 0 Å². The molecule has 0 aromatic heterocycles. The van der Waals surface area contributed by atoms with Gasteiger partial charge in [0.2, 0.25) is 0 Å². The zero-order valence-electron chi connectivity index (χ0n) is 8.78. The third-order valence-electron chi connectivity index (χ3n) is 1.60. The van der Waals surface area contributed by atoms with Crippen molar-refractivity contribution in [3.8, 4) is 0 Å². The summed E-state index contributed by atoms with van der Waals surface area (Å²) in [5.74, 6) is 0.988. The molecule has 0 bridgehead atoms. The highest BCUT2D eigenvalue weighted by Crippen LogP contribution is 2.08. The maximum atomic E-state index is 11.2. The number of carbonyl (C=O) groups is 1. The van der Waals surface area contributed by atoms with Gasteiger partial charge in [-0.05, 0) is 12.8 Å². The molecule has 0 aliphatic rings. The van der Waals surface area contributed by atoms with Crippen molar-refractivity contribution in [3.05, 3.63) is 0 Å². The largest absolute Gasteiger partial charge is 0.287 e. The van der Waals surface area contributed by atoms with E-state index in [1.54, 1.807) is 0 Å². The molecule has 84 valence electrons. The minimum atomic E-state index is -2.99. The van der Waals surface area contributed by atoms with Crippen LogP contribution in [0.1, 0.15) is 33.1 Å². The number of hydrogen-bond acceptors (Lipinski definition) is 4. The smallest absolute Gasteiger partial charge is 0.189 e. The van der Waals surface area contributed by atoms with Gasteiger partial charge in [-0.25, -0.2) is 8.42 Å². The van der Waals surface area contributed by atoms with Gasteiger partial charge in [0, 0.05) is 17.9 Å². The molecule has 0 spiro atoms. The average molecular weight is 238 g/mol. The van der Waals surface area contributed by atoms with Crippen LogP contribution in [-0.4, -0.2) is 30.8 Å². The van der Waals surface area contributed by atoms with Crippen molar-refractivity contribution >= 4 is 26.7 Å². The highest BCUT2D eigenvalue weighted by Gasteiger charge is 2.12. The number of rotatable bonds is 7. The van der Waals surface area contributed by atoms with Gasteiger partial charge in [0.15, 0.2) is 15.0 Å². The molecule has 0 radical (unpaired) electrons. The standard InChI is InChI=1S/C9H18O3S2/c1-3-6-13-9(10)5-8-14(11,12)7-4-2/h3-8H2,1-2H3. The van der Waals surface area contributed by atoms with Gasteiger partial charge in [0.25, 0.3) is 0 Å². The molecule has 0 aliphatic carbocycles. The van der Waals surface area contributed by atoms with Gasteiger partial charge in [0.05, 0.1) is 5.75 Å². The Hall–Kier alpha value is -0.0300. The Balaban J connectivity index is 3.76. The van der Waals surface area contributed by atoms with E-state index in [4.69, 9.17) is 0 Å². The second-order valence-corrected chi connectivity index (χ2v) is 6.58. The van der Waals surface area contributed by atoms with Crippen LogP contribution < -0.4 is 0 Å². The molecule has 0 amide bonds. The fourth-order valence-electron chi connectivity index (χ4n) is 0.940. The maximum absolute atomic E-state index is 11.2. The van der Waals surface area contributed by atoms with Crippen molar-refractivity contribution < 1.29 is 13.2 Å². The molecule has 0 atom stereocenters. The minimum Gasteiger partial charge on any atom is -0.287 e. The summed E-state index contributed by atoms with van der Waals surface area (Å²) < 4.78 is 22.5. The molecule has 14 heavy (non-hydrogen) atoms. The molecule has 0 unspecified atom stereocenters. The van der Waals surface area contributed by atoms with Crippen molar-refractivity contribution in [1.29, 1.82) is 0 Å². The molecule has 0 aromatic rings. The summed E-state index contributed by atoms with van der Waals surface area (Å²) in [5, 5.41) is -0.00784. The molecule has 0 aliphatic heterocycles. The summed E-state index contributed by atoms with van der Waals surface area (Å²) >= 11 is 1.23. The molecule has 0 N–H and O–H groups in total. The Morgan fingerprint density at radius 2 is 1.79 bits per heavy atom. The minimum absolute atomic E-state index is 0.00784. The van der Waals surface area contributed by atoms with E-state index in [1.807, 2.05) is 13.8 Å². The predicted molar refractivity (Wildman–Crippen MR) is 61.3 cm³/mol. The van der Waals surface area contributed by atoms with E-state index in [9.17, 15) is 13.2 Å². The van der Waals surface area contributed by atoms with Gasteiger partial charge in [-0.15, -0.1) is 0 Å². The third-order valence-corrected chi connectivity index (χ3v) is 4.59. The first-order valence-corrected chi connectivity index (χ1v) is 7.68. The number of thioether (sulfide) groups is 1. The van der Waals surface area contributed by atoms with Crippen LogP contribution in [0.2, 0.25) is 0 Å². The zero-order chi connectivity index (χ0) is 11.0. The van der Waals surface area contributed by atoms with Gasteiger partial charge in [0.1, 0.15) is 0 Å². The summed E-state index contributed by atoms with van der Waals surface area (Å²) in [6.07, 6.45) is 1.73. The monoisotopic (exact) mass is 238 g/mol.